The van der Waals surface area contributed by atoms with Gasteiger partial charge in [0.1, 0.15) is 5.75 Å². The van der Waals surface area contributed by atoms with Crippen LogP contribution in [0.2, 0.25) is 0 Å². The van der Waals surface area contributed by atoms with Crippen LogP contribution in [0, 0.1) is 5.92 Å². The van der Waals surface area contributed by atoms with E-state index in [4.69, 9.17) is 9.47 Å². The number of benzene rings is 1. The van der Waals surface area contributed by atoms with Crippen molar-refractivity contribution in [2.75, 3.05) is 20.3 Å². The lowest BCUT2D eigenvalue weighted by Crippen LogP contribution is -2.34. The van der Waals surface area contributed by atoms with Gasteiger partial charge in [0, 0.05) is 6.61 Å². The molecule has 2 rings (SSSR count). The number of hydrogen-bond acceptors (Lipinski definition) is 3. The molecule has 1 aromatic carbocycles. The maximum Gasteiger partial charge on any atom is 0.119 e. The highest BCUT2D eigenvalue weighted by Gasteiger charge is 2.32. The second-order valence-corrected chi connectivity index (χ2v) is 4.91. The van der Waals surface area contributed by atoms with Gasteiger partial charge in [-0.15, -0.1) is 0 Å². The molecule has 1 saturated heterocycles. The Labute approximate surface area is 109 Å². The molecule has 1 heterocycles. The Hall–Kier alpha value is -1.06. The summed E-state index contributed by atoms with van der Waals surface area (Å²) in [7, 11) is 1.70. The monoisotopic (exact) mass is 249 g/mol. The van der Waals surface area contributed by atoms with Gasteiger partial charge in [0.2, 0.25) is 0 Å². The highest BCUT2D eigenvalue weighted by molar-refractivity contribution is 5.31. The third kappa shape index (κ3) is 2.85. The zero-order valence-corrected chi connectivity index (χ0v) is 11.5. The van der Waals surface area contributed by atoms with Gasteiger partial charge in [0.05, 0.1) is 19.3 Å². The molecular weight excluding hydrogens is 226 g/mol. The molecule has 3 nitrogen and oxygen atoms in total. The fraction of sp³-hybridized carbons (Fsp3) is 0.600. The van der Waals surface area contributed by atoms with E-state index in [1.165, 1.54) is 5.56 Å². The molecule has 1 N–H and O–H groups in total. The van der Waals surface area contributed by atoms with Gasteiger partial charge < -0.3 is 14.8 Å². The zero-order chi connectivity index (χ0) is 13.0. The van der Waals surface area contributed by atoms with E-state index in [1.807, 2.05) is 12.1 Å². The largest absolute Gasteiger partial charge is 0.497 e. The molecule has 3 atom stereocenters. The predicted octanol–water partition coefficient (Wildman–Crippen LogP) is 2.77. The molecule has 0 saturated carbocycles. The smallest absolute Gasteiger partial charge is 0.119 e. The van der Waals surface area contributed by atoms with E-state index >= 15 is 0 Å². The summed E-state index contributed by atoms with van der Waals surface area (Å²) in [4.78, 5) is 0. The van der Waals surface area contributed by atoms with Crippen molar-refractivity contribution in [2.24, 2.45) is 5.92 Å². The standard InChI is InChI=1S/C15H23NO2/c1-4-16-14(15-11(2)8-9-18-15)12-6-5-7-13(10-12)17-3/h5-7,10-11,14-16H,4,8-9H2,1-3H3. The summed E-state index contributed by atoms with van der Waals surface area (Å²) in [5, 5.41) is 3.54. The van der Waals surface area contributed by atoms with Gasteiger partial charge in [-0.05, 0) is 36.6 Å². The Kier molecular flexibility index (Phi) is 4.61. The van der Waals surface area contributed by atoms with E-state index in [9.17, 15) is 0 Å². The molecule has 0 radical (unpaired) electrons. The molecule has 0 aromatic heterocycles. The van der Waals surface area contributed by atoms with E-state index < -0.39 is 0 Å². The number of ether oxygens (including phenoxy) is 2. The van der Waals surface area contributed by atoms with Crippen LogP contribution in [0.1, 0.15) is 31.9 Å². The Morgan fingerprint density at radius 2 is 2.33 bits per heavy atom. The van der Waals surface area contributed by atoms with E-state index in [2.05, 4.69) is 31.3 Å². The van der Waals surface area contributed by atoms with Crippen LogP contribution < -0.4 is 10.1 Å². The van der Waals surface area contributed by atoms with Crippen LogP contribution in [0.25, 0.3) is 0 Å². The summed E-state index contributed by atoms with van der Waals surface area (Å²) >= 11 is 0. The summed E-state index contributed by atoms with van der Waals surface area (Å²) in [6.45, 7) is 6.21. The van der Waals surface area contributed by atoms with Crippen LogP contribution in [0.4, 0.5) is 0 Å². The summed E-state index contributed by atoms with van der Waals surface area (Å²) in [5.41, 5.74) is 1.25. The first-order valence-corrected chi connectivity index (χ1v) is 6.75. The molecule has 0 amide bonds. The lowest BCUT2D eigenvalue weighted by Gasteiger charge is -2.27. The molecule has 18 heavy (non-hydrogen) atoms. The third-order valence-electron chi connectivity index (χ3n) is 3.65. The van der Waals surface area contributed by atoms with Gasteiger partial charge in [-0.2, -0.15) is 0 Å². The van der Waals surface area contributed by atoms with Crippen molar-refractivity contribution in [3.8, 4) is 5.75 Å². The molecule has 0 aliphatic carbocycles. The molecule has 1 aromatic rings. The number of rotatable bonds is 5. The SMILES string of the molecule is CCNC(c1cccc(OC)c1)C1OCCC1C. The number of nitrogens with one attached hydrogen (secondary N) is 1. The maximum absolute atomic E-state index is 5.90. The summed E-state index contributed by atoms with van der Waals surface area (Å²) in [6.07, 6.45) is 1.41. The lowest BCUT2D eigenvalue weighted by molar-refractivity contribution is 0.0611. The molecule has 3 unspecified atom stereocenters. The molecular formula is C15H23NO2. The Balaban J connectivity index is 2.22. The van der Waals surface area contributed by atoms with E-state index in [0.29, 0.717) is 5.92 Å². The highest BCUT2D eigenvalue weighted by Crippen LogP contribution is 2.32. The first-order valence-electron chi connectivity index (χ1n) is 6.75. The molecule has 1 fully saturated rings. The van der Waals surface area contributed by atoms with Gasteiger partial charge in [0.25, 0.3) is 0 Å². The minimum atomic E-state index is 0.252. The first kappa shape index (κ1) is 13.4. The van der Waals surface area contributed by atoms with Gasteiger partial charge >= 0.3 is 0 Å². The second kappa shape index (κ2) is 6.21. The van der Waals surface area contributed by atoms with Crippen molar-refractivity contribution in [1.29, 1.82) is 0 Å². The summed E-state index contributed by atoms with van der Waals surface area (Å²) < 4.78 is 11.2. The first-order chi connectivity index (χ1) is 8.76. The fourth-order valence-corrected chi connectivity index (χ4v) is 2.62. The number of methoxy groups -OCH3 is 1. The van der Waals surface area contributed by atoms with Crippen molar-refractivity contribution < 1.29 is 9.47 Å². The average Bonchev–Trinajstić information content (AvgIpc) is 2.82. The predicted molar refractivity (Wildman–Crippen MR) is 72.9 cm³/mol. The van der Waals surface area contributed by atoms with Crippen molar-refractivity contribution >= 4 is 0 Å². The minimum Gasteiger partial charge on any atom is -0.497 e. The second-order valence-electron chi connectivity index (χ2n) is 4.91. The Morgan fingerprint density at radius 1 is 1.50 bits per heavy atom. The molecule has 1 aliphatic rings. The molecule has 0 spiro atoms. The highest BCUT2D eigenvalue weighted by atomic mass is 16.5. The normalized spacial score (nSPS) is 25.1. The van der Waals surface area contributed by atoms with Crippen molar-refractivity contribution in [3.05, 3.63) is 29.8 Å². The molecule has 100 valence electrons. The van der Waals surface area contributed by atoms with Crippen LogP contribution in [-0.2, 0) is 4.74 Å². The Morgan fingerprint density at radius 3 is 2.94 bits per heavy atom. The van der Waals surface area contributed by atoms with Gasteiger partial charge in [0.15, 0.2) is 0 Å². The minimum absolute atomic E-state index is 0.252. The molecule has 3 heteroatoms. The van der Waals surface area contributed by atoms with E-state index in [0.717, 1.165) is 25.3 Å². The maximum atomic E-state index is 5.90. The van der Waals surface area contributed by atoms with Gasteiger partial charge in [-0.1, -0.05) is 26.0 Å². The van der Waals surface area contributed by atoms with Crippen molar-refractivity contribution in [2.45, 2.75) is 32.4 Å². The Bertz CT molecular complexity index is 381. The van der Waals surface area contributed by atoms with Crippen molar-refractivity contribution in [1.82, 2.24) is 5.32 Å². The van der Waals surface area contributed by atoms with E-state index in [-0.39, 0.29) is 12.1 Å². The molecule has 0 bridgehead atoms. The van der Waals surface area contributed by atoms with Gasteiger partial charge in [-0.3, -0.25) is 0 Å². The summed E-state index contributed by atoms with van der Waals surface area (Å²) in [5.74, 6) is 1.50. The van der Waals surface area contributed by atoms with E-state index in [1.54, 1.807) is 7.11 Å². The van der Waals surface area contributed by atoms with Crippen molar-refractivity contribution in [3.63, 3.8) is 0 Å². The van der Waals surface area contributed by atoms with Crippen LogP contribution in [0.3, 0.4) is 0 Å². The van der Waals surface area contributed by atoms with Crippen LogP contribution in [-0.4, -0.2) is 26.4 Å². The third-order valence-corrected chi connectivity index (χ3v) is 3.65. The number of likely N-dealkylation sites (N-methyl/N-ethyl adjacent to an activating group) is 1. The topological polar surface area (TPSA) is 30.5 Å². The van der Waals surface area contributed by atoms with Gasteiger partial charge in [-0.25, -0.2) is 0 Å². The molecule has 1 aliphatic heterocycles. The lowest BCUT2D eigenvalue weighted by atomic mass is 9.92. The number of hydrogen-bond donors (Lipinski definition) is 1. The fourth-order valence-electron chi connectivity index (χ4n) is 2.62. The average molecular weight is 249 g/mol. The zero-order valence-electron chi connectivity index (χ0n) is 11.5. The van der Waals surface area contributed by atoms with Crippen LogP contribution in [0.5, 0.6) is 5.75 Å². The summed E-state index contributed by atoms with van der Waals surface area (Å²) in [6, 6.07) is 8.51. The quantitative estimate of drug-likeness (QED) is 0.870. The van der Waals surface area contributed by atoms with Crippen LogP contribution in [0.15, 0.2) is 24.3 Å². The van der Waals surface area contributed by atoms with Crippen LogP contribution >= 0.6 is 0 Å².